The Morgan fingerprint density at radius 1 is 0.321 bits per heavy atom. The largest absolute Gasteiger partial charge is 0.394 e. The number of aliphatic hydroxyl groups is 28. The second-order valence-corrected chi connectivity index (χ2v) is 26.5. The van der Waals surface area contributed by atoms with E-state index >= 15 is 0 Å². The minimum atomic E-state index is -2.56. The molecule has 2 amide bonds. The number of nitrogens with one attached hydrogen (secondary N) is 2. The standard InChI is InChI=1S/C58H100N2O46/c1-13(69)59-15(3-61)26(72)45(16(71)4-62)101-51-25(60-14(2)70)34(80)46(22(10-68)98-51)102-56-44(90)48(104-58-50(39(85)31(77)21(9-67)97-58)106-55-42(88)37(83)29(75)19(7-65)95-55)33(79)24(100-56)11-91-52-43(89)47(103-53-40(86)35(81)27(73)17(5-63)93-53)32(78)23(99-52)12-92-57-49(38(84)30(76)20(8-66)96-57)105-54-41(87)36(82)28(74)18(6-64)94-54/h15-58,61-68,71-90H,3-12H2,1-2H3,(H,59,69)(H,60,70). The monoisotopic (exact) mass is 1560 g/mol. The molecule has 48 heteroatoms. The lowest BCUT2D eigenvalue weighted by molar-refractivity contribution is -0.399. The average Bonchev–Trinajstić information content (AvgIpc) is 0.772. The maximum Gasteiger partial charge on any atom is 0.217 e. The summed E-state index contributed by atoms with van der Waals surface area (Å²) in [4.78, 5) is 24.9. The van der Waals surface area contributed by atoms with E-state index in [4.69, 9.17) is 75.8 Å². The normalized spacial score (nSPS) is 48.0. The molecule has 8 heterocycles. The summed E-state index contributed by atoms with van der Waals surface area (Å²) in [6.45, 7) is -9.13. The van der Waals surface area contributed by atoms with E-state index in [1.54, 1.807) is 0 Å². The molecular weight excluding hydrogens is 1460 g/mol. The van der Waals surface area contributed by atoms with Crippen LogP contribution in [0.5, 0.6) is 0 Å². The summed E-state index contributed by atoms with van der Waals surface area (Å²) in [5, 5.41) is 310. The molecule has 0 aromatic rings. The van der Waals surface area contributed by atoms with Crippen LogP contribution >= 0.6 is 0 Å². The van der Waals surface area contributed by atoms with Gasteiger partial charge in [-0.25, -0.2) is 0 Å². The number of rotatable bonds is 31. The minimum Gasteiger partial charge on any atom is -0.394 e. The average molecular weight is 1560 g/mol. The zero-order chi connectivity index (χ0) is 78.4. The lowest BCUT2D eigenvalue weighted by Crippen LogP contribution is -2.69. The van der Waals surface area contributed by atoms with Gasteiger partial charge in [0.1, 0.15) is 214 Å². The lowest BCUT2D eigenvalue weighted by Gasteiger charge is -2.50. The second kappa shape index (κ2) is 39.3. The van der Waals surface area contributed by atoms with Gasteiger partial charge in [-0.1, -0.05) is 0 Å². The van der Waals surface area contributed by atoms with Crippen LogP contribution in [0.15, 0.2) is 0 Å². The van der Waals surface area contributed by atoms with Gasteiger partial charge >= 0.3 is 0 Å². The molecular formula is C58H100N2O46. The van der Waals surface area contributed by atoms with Gasteiger partial charge in [-0.2, -0.15) is 0 Å². The third-order valence-electron chi connectivity index (χ3n) is 19.2. The van der Waals surface area contributed by atoms with Crippen LogP contribution in [0.25, 0.3) is 0 Å². The Morgan fingerprint density at radius 3 is 1.06 bits per heavy atom. The Balaban J connectivity index is 1.14. The van der Waals surface area contributed by atoms with E-state index in [9.17, 15) is 153 Å². The van der Waals surface area contributed by atoms with Crippen molar-refractivity contribution < 1.29 is 228 Å². The van der Waals surface area contributed by atoms with Gasteiger partial charge in [0.15, 0.2) is 50.3 Å². The van der Waals surface area contributed by atoms with Gasteiger partial charge in [0.25, 0.3) is 0 Å². The Labute approximate surface area is 599 Å². The van der Waals surface area contributed by atoms with Crippen LogP contribution in [-0.2, 0) is 85.4 Å². The van der Waals surface area contributed by atoms with Gasteiger partial charge in [-0.3, -0.25) is 9.59 Å². The van der Waals surface area contributed by atoms with Crippen LogP contribution in [0.3, 0.4) is 0 Å². The van der Waals surface area contributed by atoms with Gasteiger partial charge in [0, 0.05) is 13.8 Å². The molecule has 0 aromatic heterocycles. The predicted molar refractivity (Wildman–Crippen MR) is 322 cm³/mol. The SMILES string of the molecule is CC(=O)NC(CO)C(O)C(OC1OC(CO)C(OC2OC(COC3OC(COC4OC(CO)C(O)C(O)C4OC4OC(CO)C(O)C(O)C4O)C(O)C(OC4OC(CO)C(O)C(O)C4O)C3O)C(O)C(OC3OC(CO)C(O)C(O)C3OC3OC(CO)C(O)C(O)C3O)C2O)C(O)C1NC(C)=O)C(O)CO. The number of carbonyl (C=O) groups excluding carboxylic acids is 2. The van der Waals surface area contributed by atoms with E-state index in [1.807, 2.05) is 0 Å². The van der Waals surface area contributed by atoms with Crippen LogP contribution in [0, 0.1) is 0 Å². The third-order valence-corrected chi connectivity index (χ3v) is 19.2. The molecule has 44 atom stereocenters. The third kappa shape index (κ3) is 19.7. The summed E-state index contributed by atoms with van der Waals surface area (Å²) >= 11 is 0. The Hall–Kier alpha value is -2.82. The molecule has 0 bridgehead atoms. The highest BCUT2D eigenvalue weighted by Crippen LogP contribution is 2.39. The summed E-state index contributed by atoms with van der Waals surface area (Å²) in [6, 6.07) is -3.61. The zero-order valence-electron chi connectivity index (χ0n) is 56.3. The van der Waals surface area contributed by atoms with Crippen molar-refractivity contribution >= 4 is 11.8 Å². The highest BCUT2D eigenvalue weighted by Gasteiger charge is 2.60. The first kappa shape index (κ1) is 88.7. The predicted octanol–water partition coefficient (Wildman–Crippen LogP) is -20.7. The minimum absolute atomic E-state index is 0.809. The molecule has 8 aliphatic heterocycles. The molecule has 0 aromatic carbocycles. The topological polar surface area (TPSA) is 772 Å². The zero-order valence-corrected chi connectivity index (χ0v) is 56.3. The molecule has 0 aliphatic carbocycles. The van der Waals surface area contributed by atoms with Crippen LogP contribution in [0.1, 0.15) is 13.8 Å². The summed E-state index contributed by atoms with van der Waals surface area (Å²) in [7, 11) is 0. The van der Waals surface area contributed by atoms with E-state index < -0.39 is 348 Å². The smallest absolute Gasteiger partial charge is 0.217 e. The van der Waals surface area contributed by atoms with Crippen LogP contribution in [0.2, 0.25) is 0 Å². The summed E-state index contributed by atoms with van der Waals surface area (Å²) in [5.41, 5.74) is 0. The highest BCUT2D eigenvalue weighted by atomic mass is 16.8. The first-order valence-corrected chi connectivity index (χ1v) is 33.6. The van der Waals surface area contributed by atoms with Crippen molar-refractivity contribution in [1.82, 2.24) is 10.6 Å². The highest BCUT2D eigenvalue weighted by molar-refractivity contribution is 5.73. The molecule has 8 fully saturated rings. The maximum absolute atomic E-state index is 12.9. The quantitative estimate of drug-likeness (QED) is 0.0306. The van der Waals surface area contributed by atoms with E-state index in [1.165, 1.54) is 0 Å². The van der Waals surface area contributed by atoms with Crippen molar-refractivity contribution in [2.75, 3.05) is 66.1 Å². The van der Waals surface area contributed by atoms with E-state index in [0.29, 0.717) is 0 Å². The summed E-state index contributed by atoms with van der Waals surface area (Å²) in [5.74, 6) is -1.79. The van der Waals surface area contributed by atoms with Gasteiger partial charge in [0.05, 0.1) is 72.1 Å². The molecule has 0 radical (unpaired) electrons. The first-order valence-electron chi connectivity index (χ1n) is 33.6. The molecule has 618 valence electrons. The first-order chi connectivity index (χ1) is 50.1. The fourth-order valence-electron chi connectivity index (χ4n) is 13.1. The van der Waals surface area contributed by atoms with Crippen LogP contribution in [0.4, 0.5) is 0 Å². The summed E-state index contributed by atoms with van der Waals surface area (Å²) in [6.07, 6.45) is -89.9. The van der Waals surface area contributed by atoms with E-state index in [-0.39, 0.29) is 0 Å². The molecule has 8 rings (SSSR count). The lowest BCUT2D eigenvalue weighted by atomic mass is 9.94. The fraction of sp³-hybridized carbons (Fsp3) is 0.966. The van der Waals surface area contributed by atoms with Crippen molar-refractivity contribution in [1.29, 1.82) is 0 Å². The van der Waals surface area contributed by atoms with Gasteiger partial charge < -0.3 is 229 Å². The number of ether oxygens (including phenoxy) is 16. The van der Waals surface area contributed by atoms with Gasteiger partial charge in [0.2, 0.25) is 11.8 Å². The molecule has 8 aliphatic rings. The maximum atomic E-state index is 12.9. The number of hydrogen-bond donors (Lipinski definition) is 30. The number of amides is 2. The molecule has 0 spiro atoms. The number of aliphatic hydroxyl groups excluding tert-OH is 28. The Kier molecular flexibility index (Phi) is 32.9. The van der Waals surface area contributed by atoms with Crippen LogP contribution < -0.4 is 10.6 Å². The molecule has 8 saturated heterocycles. The number of carbonyl (C=O) groups is 2. The summed E-state index contributed by atoms with van der Waals surface area (Å²) < 4.78 is 93.1. The van der Waals surface area contributed by atoms with Crippen molar-refractivity contribution in [2.45, 2.75) is 284 Å². The Bertz CT molecular complexity index is 2660. The molecule has 44 unspecified atom stereocenters. The van der Waals surface area contributed by atoms with Crippen molar-refractivity contribution in [2.24, 2.45) is 0 Å². The van der Waals surface area contributed by atoms with Crippen molar-refractivity contribution in [3.05, 3.63) is 0 Å². The van der Waals surface area contributed by atoms with E-state index in [2.05, 4.69) is 10.6 Å². The molecule has 106 heavy (non-hydrogen) atoms. The van der Waals surface area contributed by atoms with Crippen molar-refractivity contribution in [3.8, 4) is 0 Å². The van der Waals surface area contributed by atoms with Crippen molar-refractivity contribution in [3.63, 3.8) is 0 Å². The fourth-order valence-corrected chi connectivity index (χ4v) is 13.1. The van der Waals surface area contributed by atoms with Gasteiger partial charge in [-0.15, -0.1) is 0 Å². The molecule has 48 nitrogen and oxygen atoms in total. The number of hydrogen-bond acceptors (Lipinski definition) is 46. The van der Waals surface area contributed by atoms with E-state index in [0.717, 1.165) is 13.8 Å². The second-order valence-electron chi connectivity index (χ2n) is 26.5. The van der Waals surface area contributed by atoms with Crippen LogP contribution in [-0.4, -0.2) is 491 Å². The van der Waals surface area contributed by atoms with Gasteiger partial charge in [-0.05, 0) is 0 Å². The molecule has 30 N–H and O–H groups in total. The molecule has 0 saturated carbocycles. The Morgan fingerprint density at radius 2 is 0.651 bits per heavy atom.